The SMILES string of the molecule is C=C/C=C(\C=C/C(=C)c1ccc(N2C[C@H](CNC(C)=O)OC2=O)cc1F)NCCCN=NN. The summed E-state index contributed by atoms with van der Waals surface area (Å²) in [5, 5.41) is 12.7. The van der Waals surface area contributed by atoms with E-state index in [9.17, 15) is 14.0 Å². The average Bonchev–Trinajstić information content (AvgIpc) is 3.16. The van der Waals surface area contributed by atoms with E-state index in [0.29, 0.717) is 29.9 Å². The molecule has 0 spiro atoms. The van der Waals surface area contributed by atoms with E-state index in [0.717, 1.165) is 12.1 Å². The van der Waals surface area contributed by atoms with Crippen molar-refractivity contribution < 1.29 is 18.7 Å². The summed E-state index contributed by atoms with van der Waals surface area (Å²) < 4.78 is 20.0. The Kier molecular flexibility index (Phi) is 9.81. The Labute approximate surface area is 192 Å². The van der Waals surface area contributed by atoms with Crippen LogP contribution in [0.15, 0.2) is 71.7 Å². The monoisotopic (exact) mass is 456 g/mol. The molecule has 0 unspecified atom stereocenters. The topological polar surface area (TPSA) is 121 Å². The average molecular weight is 457 g/mol. The first-order valence-electron chi connectivity index (χ1n) is 10.4. The lowest BCUT2D eigenvalue weighted by atomic mass is 10.0. The van der Waals surface area contributed by atoms with E-state index < -0.39 is 18.0 Å². The Bertz CT molecular complexity index is 973. The molecule has 1 heterocycles. The number of carbonyl (C=O) groups excluding carboxylic acids is 2. The highest BCUT2D eigenvalue weighted by atomic mass is 19.1. The number of nitrogens with two attached hydrogens (primary N) is 1. The normalized spacial score (nSPS) is 16.3. The van der Waals surface area contributed by atoms with Crippen LogP contribution in [-0.2, 0) is 9.53 Å². The van der Waals surface area contributed by atoms with Crippen molar-refractivity contribution in [2.45, 2.75) is 19.4 Å². The molecule has 0 bridgehead atoms. The molecule has 4 N–H and O–H groups in total. The van der Waals surface area contributed by atoms with Crippen molar-refractivity contribution in [3.05, 3.63) is 72.7 Å². The Balaban J connectivity index is 2.02. The Morgan fingerprint density at radius 1 is 1.39 bits per heavy atom. The largest absolute Gasteiger partial charge is 0.442 e. The minimum Gasteiger partial charge on any atom is -0.442 e. The summed E-state index contributed by atoms with van der Waals surface area (Å²) in [6, 6.07) is 4.46. The maximum Gasteiger partial charge on any atom is 0.414 e. The molecule has 2 rings (SSSR count). The van der Waals surface area contributed by atoms with Gasteiger partial charge in [-0.2, -0.15) is 5.11 Å². The number of hydrogen-bond acceptors (Lipinski definition) is 6. The third kappa shape index (κ3) is 7.91. The van der Waals surface area contributed by atoms with Crippen molar-refractivity contribution in [1.82, 2.24) is 10.6 Å². The summed E-state index contributed by atoms with van der Waals surface area (Å²) in [7, 11) is 0. The van der Waals surface area contributed by atoms with Gasteiger partial charge in [-0.15, -0.1) is 0 Å². The summed E-state index contributed by atoms with van der Waals surface area (Å²) in [5.41, 5.74) is 1.91. The molecule has 1 aromatic rings. The van der Waals surface area contributed by atoms with Crippen molar-refractivity contribution in [1.29, 1.82) is 0 Å². The summed E-state index contributed by atoms with van der Waals surface area (Å²) in [5.74, 6) is 4.23. The number of rotatable bonds is 12. The third-order valence-electron chi connectivity index (χ3n) is 4.67. The predicted octanol–water partition coefficient (Wildman–Crippen LogP) is 3.23. The van der Waals surface area contributed by atoms with Crippen molar-refractivity contribution in [2.75, 3.05) is 31.1 Å². The number of benzene rings is 1. The minimum atomic E-state index is -0.588. The smallest absolute Gasteiger partial charge is 0.414 e. The number of cyclic esters (lactones) is 1. The fourth-order valence-electron chi connectivity index (χ4n) is 3.05. The first-order chi connectivity index (χ1) is 15.8. The molecule has 1 atom stereocenters. The second-order valence-corrected chi connectivity index (χ2v) is 7.19. The van der Waals surface area contributed by atoms with Crippen LogP contribution >= 0.6 is 0 Å². The van der Waals surface area contributed by atoms with Crippen LogP contribution in [0.25, 0.3) is 5.57 Å². The molecule has 176 valence electrons. The molecule has 1 fully saturated rings. The Morgan fingerprint density at radius 2 is 2.18 bits per heavy atom. The predicted molar refractivity (Wildman–Crippen MR) is 126 cm³/mol. The number of amides is 2. The fourth-order valence-corrected chi connectivity index (χ4v) is 3.05. The van der Waals surface area contributed by atoms with Gasteiger partial charge in [-0.3, -0.25) is 9.69 Å². The second kappa shape index (κ2) is 12.8. The van der Waals surface area contributed by atoms with Gasteiger partial charge in [0.1, 0.15) is 11.9 Å². The zero-order valence-electron chi connectivity index (χ0n) is 18.6. The van der Waals surface area contributed by atoms with Crippen LogP contribution in [0.4, 0.5) is 14.9 Å². The van der Waals surface area contributed by atoms with Gasteiger partial charge >= 0.3 is 6.09 Å². The van der Waals surface area contributed by atoms with Crippen LogP contribution in [0.3, 0.4) is 0 Å². The molecule has 1 aliphatic rings. The molecule has 2 amide bonds. The first-order valence-corrected chi connectivity index (χ1v) is 10.4. The summed E-state index contributed by atoms with van der Waals surface area (Å²) in [4.78, 5) is 24.5. The van der Waals surface area contributed by atoms with Gasteiger partial charge in [0.05, 0.1) is 25.3 Å². The van der Waals surface area contributed by atoms with Gasteiger partial charge in [-0.25, -0.2) is 9.18 Å². The van der Waals surface area contributed by atoms with Gasteiger partial charge in [0.15, 0.2) is 0 Å². The lowest BCUT2D eigenvalue weighted by molar-refractivity contribution is -0.119. The molecule has 1 saturated heterocycles. The minimum absolute atomic E-state index is 0.200. The summed E-state index contributed by atoms with van der Waals surface area (Å²) in [6.07, 6.45) is 6.53. The van der Waals surface area contributed by atoms with Crippen LogP contribution in [0, 0.1) is 5.82 Å². The van der Waals surface area contributed by atoms with Gasteiger partial charge in [-0.05, 0) is 42.3 Å². The molecular weight excluding hydrogens is 427 g/mol. The van der Waals surface area contributed by atoms with Gasteiger partial charge in [0.2, 0.25) is 5.91 Å². The molecular formula is C23H29FN6O3. The van der Waals surface area contributed by atoms with Gasteiger partial charge in [-0.1, -0.05) is 30.5 Å². The van der Waals surface area contributed by atoms with Crippen molar-refractivity contribution >= 4 is 23.3 Å². The van der Waals surface area contributed by atoms with E-state index in [4.69, 9.17) is 10.6 Å². The van der Waals surface area contributed by atoms with E-state index in [1.807, 2.05) is 0 Å². The highest BCUT2D eigenvalue weighted by Crippen LogP contribution is 2.27. The maximum atomic E-state index is 14.8. The molecule has 10 heteroatoms. The molecule has 33 heavy (non-hydrogen) atoms. The van der Waals surface area contributed by atoms with Crippen molar-refractivity contribution in [3.63, 3.8) is 0 Å². The summed E-state index contributed by atoms with van der Waals surface area (Å²) in [6.45, 7) is 10.6. The summed E-state index contributed by atoms with van der Waals surface area (Å²) >= 11 is 0. The fraction of sp³-hybridized carbons (Fsp3) is 0.304. The number of carbonyl (C=O) groups is 2. The number of nitrogens with zero attached hydrogens (tertiary/aromatic N) is 3. The van der Waals surface area contributed by atoms with Gasteiger partial charge < -0.3 is 21.2 Å². The molecule has 0 saturated carbocycles. The molecule has 0 aromatic heterocycles. The molecule has 1 aromatic carbocycles. The van der Waals surface area contributed by atoms with Crippen LogP contribution < -0.4 is 21.4 Å². The molecule has 1 aliphatic heterocycles. The standard InChI is InChI=1S/C23H29FN6O3/c1-4-6-18(26-11-5-12-28-29-25)8-7-16(2)21-10-9-19(13-22(21)24)30-15-20(33-23(30)32)14-27-17(3)31/h4,6-10,13,20,26H,1-2,5,11-12,14-15H2,3H3,(H2,25,28)(H,27,31)/b8-7-,18-6+/t20-/m0/s1. The number of allylic oxidation sites excluding steroid dienone is 5. The van der Waals surface area contributed by atoms with Crippen molar-refractivity contribution in [3.8, 4) is 0 Å². The lowest BCUT2D eigenvalue weighted by Crippen LogP contribution is -2.33. The molecule has 0 radical (unpaired) electrons. The van der Waals surface area contributed by atoms with Gasteiger partial charge in [0.25, 0.3) is 0 Å². The van der Waals surface area contributed by atoms with Gasteiger partial charge in [0, 0.05) is 24.7 Å². The second-order valence-electron chi connectivity index (χ2n) is 7.19. The van der Waals surface area contributed by atoms with Crippen LogP contribution in [-0.4, -0.2) is 44.3 Å². The molecule has 9 nitrogen and oxygen atoms in total. The zero-order chi connectivity index (χ0) is 24.2. The van der Waals surface area contributed by atoms with Crippen LogP contribution in [0.1, 0.15) is 18.9 Å². The number of hydrogen-bond donors (Lipinski definition) is 3. The highest BCUT2D eigenvalue weighted by Gasteiger charge is 2.32. The quantitative estimate of drug-likeness (QED) is 0.147. The first kappa shape index (κ1) is 25.3. The van der Waals surface area contributed by atoms with E-state index in [2.05, 4.69) is 34.1 Å². The van der Waals surface area contributed by atoms with Crippen LogP contribution in [0.2, 0.25) is 0 Å². The number of anilines is 1. The lowest BCUT2D eigenvalue weighted by Gasteiger charge is -2.14. The number of ether oxygens (including phenoxy) is 1. The number of nitrogens with one attached hydrogen (secondary N) is 2. The van der Waals surface area contributed by atoms with E-state index in [1.165, 1.54) is 17.9 Å². The van der Waals surface area contributed by atoms with Crippen LogP contribution in [0.5, 0.6) is 0 Å². The van der Waals surface area contributed by atoms with E-state index in [1.54, 1.807) is 36.4 Å². The highest BCUT2D eigenvalue weighted by molar-refractivity contribution is 5.90. The van der Waals surface area contributed by atoms with E-state index >= 15 is 0 Å². The Morgan fingerprint density at radius 3 is 2.85 bits per heavy atom. The van der Waals surface area contributed by atoms with Crippen molar-refractivity contribution in [2.24, 2.45) is 16.2 Å². The zero-order valence-corrected chi connectivity index (χ0v) is 18.6. The molecule has 0 aliphatic carbocycles. The Hall–Kier alpha value is -3.95. The van der Waals surface area contributed by atoms with E-state index in [-0.39, 0.29) is 19.0 Å². The third-order valence-corrected chi connectivity index (χ3v) is 4.67. The number of halogens is 1. The maximum absolute atomic E-state index is 14.8.